The van der Waals surface area contributed by atoms with Gasteiger partial charge in [0.2, 0.25) is 0 Å². The Morgan fingerprint density at radius 1 is 1.33 bits per heavy atom. The second-order valence-corrected chi connectivity index (χ2v) is 7.84. The van der Waals surface area contributed by atoms with Crippen LogP contribution in [-0.4, -0.2) is 37.4 Å². The lowest BCUT2D eigenvalue weighted by molar-refractivity contribution is 0.0955. The van der Waals surface area contributed by atoms with Gasteiger partial charge in [-0.2, -0.15) is 5.10 Å². The van der Waals surface area contributed by atoms with Gasteiger partial charge in [-0.25, -0.2) is 4.98 Å². The van der Waals surface area contributed by atoms with Gasteiger partial charge in [0.25, 0.3) is 11.6 Å². The molecule has 1 amide bonds. The number of nitrogens with zero attached hydrogens (tertiary/aromatic N) is 4. The van der Waals surface area contributed by atoms with Crippen molar-refractivity contribution in [3.63, 3.8) is 0 Å². The Hall–Kier alpha value is -3.33. The number of pyridine rings is 1. The third-order valence-corrected chi connectivity index (χ3v) is 5.73. The molecule has 1 saturated carbocycles. The van der Waals surface area contributed by atoms with Crippen LogP contribution in [0, 0.1) is 4.77 Å². The number of rotatable bonds is 6. The summed E-state index contributed by atoms with van der Waals surface area (Å²) < 4.78 is 7.89. The molecule has 8 nitrogen and oxygen atoms in total. The van der Waals surface area contributed by atoms with E-state index < -0.39 is 0 Å². The molecule has 0 atom stereocenters. The minimum absolute atomic E-state index is 0.179. The van der Waals surface area contributed by atoms with E-state index in [0.29, 0.717) is 46.0 Å². The van der Waals surface area contributed by atoms with Crippen LogP contribution in [0.2, 0.25) is 0 Å². The summed E-state index contributed by atoms with van der Waals surface area (Å²) in [6.07, 6.45) is 2.73. The predicted octanol–water partition coefficient (Wildman–Crippen LogP) is 3.53. The van der Waals surface area contributed by atoms with Crippen LogP contribution in [0.25, 0.3) is 22.4 Å². The molecule has 0 radical (unpaired) electrons. The fourth-order valence-corrected chi connectivity index (χ4v) is 3.67. The van der Waals surface area contributed by atoms with Gasteiger partial charge in [-0.15, -0.1) is 0 Å². The molecule has 0 bridgehead atoms. The number of hydrogen-bond donors (Lipinski definition) is 2. The number of H-pyrrole nitrogens is 1. The van der Waals surface area contributed by atoms with Crippen molar-refractivity contribution in [1.29, 1.82) is 0 Å². The minimum atomic E-state index is -0.179. The zero-order chi connectivity index (χ0) is 20.7. The fraction of sp³-hybridized carbons (Fsp3) is 0.286. The highest BCUT2D eigenvalue weighted by Crippen LogP contribution is 2.41. The van der Waals surface area contributed by atoms with E-state index >= 15 is 0 Å². The minimum Gasteiger partial charge on any atom is -0.352 e. The first-order valence-electron chi connectivity index (χ1n) is 9.86. The Kier molecular flexibility index (Phi) is 4.66. The number of fused-ring (bicyclic) bond motifs is 1. The zero-order valence-corrected chi connectivity index (χ0v) is 17.2. The van der Waals surface area contributed by atoms with Gasteiger partial charge in [0.05, 0.1) is 10.9 Å². The largest absolute Gasteiger partial charge is 0.352 e. The maximum atomic E-state index is 13.2. The number of aromatic nitrogens is 5. The molecule has 9 heteroatoms. The molecule has 0 saturated heterocycles. The van der Waals surface area contributed by atoms with E-state index in [0.717, 1.165) is 29.9 Å². The molecule has 4 aromatic rings. The number of aromatic amines is 1. The number of benzene rings is 1. The Morgan fingerprint density at radius 2 is 2.13 bits per heavy atom. The van der Waals surface area contributed by atoms with Crippen molar-refractivity contribution in [3.05, 3.63) is 58.3 Å². The summed E-state index contributed by atoms with van der Waals surface area (Å²) in [5.74, 6) is 0.995. The molecule has 152 valence electrons. The number of carbonyl (C=O) groups is 1. The zero-order valence-electron chi connectivity index (χ0n) is 16.4. The average Bonchev–Trinajstić information content (AvgIpc) is 3.46. The first-order chi connectivity index (χ1) is 14.6. The molecule has 0 spiro atoms. The fourth-order valence-electron chi connectivity index (χ4n) is 3.52. The molecule has 30 heavy (non-hydrogen) atoms. The molecule has 1 aliphatic rings. The summed E-state index contributed by atoms with van der Waals surface area (Å²) in [4.78, 5) is 17.8. The quantitative estimate of drug-likeness (QED) is 0.463. The highest BCUT2D eigenvalue weighted by molar-refractivity contribution is 7.71. The van der Waals surface area contributed by atoms with Gasteiger partial charge in [-0.05, 0) is 31.1 Å². The number of amides is 1. The molecule has 0 unspecified atom stereocenters. The molecule has 1 fully saturated rings. The lowest BCUT2D eigenvalue weighted by Gasteiger charge is -2.08. The van der Waals surface area contributed by atoms with Crippen molar-refractivity contribution in [1.82, 2.24) is 30.2 Å². The number of hydrogen-bond acceptors (Lipinski definition) is 6. The molecule has 1 aliphatic carbocycles. The molecule has 0 aliphatic heterocycles. The highest BCUT2D eigenvalue weighted by Gasteiger charge is 2.29. The van der Waals surface area contributed by atoms with Crippen molar-refractivity contribution in [2.75, 3.05) is 6.54 Å². The highest BCUT2D eigenvalue weighted by atomic mass is 32.1. The maximum Gasteiger partial charge on any atom is 0.259 e. The smallest absolute Gasteiger partial charge is 0.259 e. The Bertz CT molecular complexity index is 1290. The van der Waals surface area contributed by atoms with Gasteiger partial charge in [-0.1, -0.05) is 35.5 Å². The summed E-state index contributed by atoms with van der Waals surface area (Å²) in [5, 5.41) is 14.8. The normalized spacial score (nSPS) is 13.6. The van der Waals surface area contributed by atoms with E-state index in [1.807, 2.05) is 43.4 Å². The summed E-state index contributed by atoms with van der Waals surface area (Å²) >= 11 is 5.13. The van der Waals surface area contributed by atoms with Crippen LogP contribution >= 0.6 is 12.2 Å². The lowest BCUT2D eigenvalue weighted by atomic mass is 10.0. The van der Waals surface area contributed by atoms with Crippen molar-refractivity contribution in [2.45, 2.75) is 25.2 Å². The van der Waals surface area contributed by atoms with Gasteiger partial charge >= 0.3 is 0 Å². The van der Waals surface area contributed by atoms with Crippen molar-refractivity contribution < 1.29 is 9.32 Å². The molecular formula is C21H20N6O2S. The van der Waals surface area contributed by atoms with Crippen LogP contribution in [0.15, 0.2) is 40.9 Å². The standard InChI is InChI=1S/C21H20N6O2S/c1-27-16(24-25-21(27)30)9-10-22-19(28)14-11-15(12-7-8-12)23-20-17(14)18(26-29-20)13-5-3-2-4-6-13/h2-6,11-12H,7-10H2,1H3,(H,22,28)(H,25,30). The molecule has 2 N–H and O–H groups in total. The van der Waals surface area contributed by atoms with Gasteiger partial charge in [-0.3, -0.25) is 9.89 Å². The van der Waals surface area contributed by atoms with Gasteiger partial charge in [0.15, 0.2) is 4.77 Å². The van der Waals surface area contributed by atoms with Crippen molar-refractivity contribution in [2.24, 2.45) is 7.05 Å². The molecular weight excluding hydrogens is 400 g/mol. The van der Waals surface area contributed by atoms with E-state index in [2.05, 4.69) is 25.7 Å². The third-order valence-electron chi connectivity index (χ3n) is 5.36. The van der Waals surface area contributed by atoms with E-state index in [4.69, 9.17) is 16.7 Å². The van der Waals surface area contributed by atoms with Crippen LogP contribution in [0.5, 0.6) is 0 Å². The molecule has 3 heterocycles. The summed E-state index contributed by atoms with van der Waals surface area (Å²) in [5.41, 5.74) is 3.33. The second-order valence-electron chi connectivity index (χ2n) is 7.46. The van der Waals surface area contributed by atoms with Crippen molar-refractivity contribution >= 4 is 29.2 Å². The second kappa shape index (κ2) is 7.49. The van der Waals surface area contributed by atoms with Gasteiger partial charge in [0, 0.05) is 37.2 Å². The Morgan fingerprint density at radius 3 is 2.83 bits per heavy atom. The van der Waals surface area contributed by atoms with Gasteiger partial charge in [0.1, 0.15) is 11.5 Å². The van der Waals surface area contributed by atoms with Crippen LogP contribution in [0.1, 0.15) is 40.6 Å². The van der Waals surface area contributed by atoms with Crippen LogP contribution in [0.4, 0.5) is 0 Å². The first kappa shape index (κ1) is 18.7. The van der Waals surface area contributed by atoms with E-state index in [9.17, 15) is 4.79 Å². The SMILES string of the molecule is Cn1c(CCNC(=O)c2cc(C3CC3)nc3onc(-c4ccccc4)c23)n[nH]c1=S. The summed E-state index contributed by atoms with van der Waals surface area (Å²) in [6, 6.07) is 11.6. The van der Waals surface area contributed by atoms with E-state index in [-0.39, 0.29) is 5.91 Å². The average molecular weight is 420 g/mol. The summed E-state index contributed by atoms with van der Waals surface area (Å²) in [6.45, 7) is 0.431. The Balaban J connectivity index is 1.48. The molecule has 1 aromatic carbocycles. The van der Waals surface area contributed by atoms with Crippen molar-refractivity contribution in [3.8, 4) is 11.3 Å². The maximum absolute atomic E-state index is 13.2. The van der Waals surface area contributed by atoms with Crippen LogP contribution in [0.3, 0.4) is 0 Å². The lowest BCUT2D eigenvalue weighted by Crippen LogP contribution is -2.27. The van der Waals surface area contributed by atoms with Crippen LogP contribution < -0.4 is 5.32 Å². The topological polar surface area (TPSA) is 102 Å². The van der Waals surface area contributed by atoms with Crippen LogP contribution in [-0.2, 0) is 13.5 Å². The van der Waals surface area contributed by atoms with Gasteiger partial charge < -0.3 is 14.4 Å². The molecule has 5 rings (SSSR count). The Labute approximate surface area is 177 Å². The van der Waals surface area contributed by atoms with E-state index in [1.54, 1.807) is 4.57 Å². The summed E-state index contributed by atoms with van der Waals surface area (Å²) in [7, 11) is 1.85. The van der Waals surface area contributed by atoms with E-state index in [1.165, 1.54) is 0 Å². The number of carbonyl (C=O) groups excluding carboxylic acids is 1. The molecule has 3 aromatic heterocycles. The number of nitrogens with one attached hydrogen (secondary N) is 2. The predicted molar refractivity (Wildman–Crippen MR) is 114 cm³/mol. The monoisotopic (exact) mass is 420 g/mol. The third kappa shape index (κ3) is 3.41. The first-order valence-corrected chi connectivity index (χ1v) is 10.3.